The van der Waals surface area contributed by atoms with Crippen molar-refractivity contribution in [3.8, 4) is 5.75 Å². The van der Waals surface area contributed by atoms with Gasteiger partial charge in [-0.15, -0.1) is 0 Å². The molecule has 0 aliphatic heterocycles. The van der Waals surface area contributed by atoms with Crippen LogP contribution in [-0.2, 0) is 16.1 Å². The van der Waals surface area contributed by atoms with Crippen molar-refractivity contribution in [1.29, 1.82) is 0 Å². The van der Waals surface area contributed by atoms with Gasteiger partial charge >= 0.3 is 5.97 Å². The molecule has 1 aromatic rings. The smallest absolute Gasteiger partial charge is 0.312 e. The van der Waals surface area contributed by atoms with Crippen LogP contribution in [0.3, 0.4) is 0 Å². The lowest BCUT2D eigenvalue weighted by Crippen LogP contribution is -2.21. The fourth-order valence-electron chi connectivity index (χ4n) is 1.48. The molecule has 1 aromatic carbocycles. The molecule has 4 heteroatoms. The molecule has 0 aliphatic rings. The molecule has 0 saturated heterocycles. The van der Waals surface area contributed by atoms with Gasteiger partial charge in [0.15, 0.2) is 0 Å². The van der Waals surface area contributed by atoms with Gasteiger partial charge in [-0.1, -0.05) is 12.1 Å². The number of ether oxygens (including phenoxy) is 2. The van der Waals surface area contributed by atoms with Gasteiger partial charge in [-0.2, -0.15) is 0 Å². The Bertz CT molecular complexity index is 362. The minimum absolute atomic E-state index is 0.218. The van der Waals surface area contributed by atoms with E-state index >= 15 is 0 Å². The van der Waals surface area contributed by atoms with Gasteiger partial charge in [0.2, 0.25) is 0 Å². The summed E-state index contributed by atoms with van der Waals surface area (Å²) in [4.78, 5) is 11.4. The molecular formula is C14H21NO3. The summed E-state index contributed by atoms with van der Waals surface area (Å²) in [6, 6.07) is 7.82. The van der Waals surface area contributed by atoms with Crippen LogP contribution in [0.2, 0.25) is 0 Å². The van der Waals surface area contributed by atoms with E-state index in [0.717, 1.165) is 12.3 Å². The molecule has 0 heterocycles. The predicted octanol–water partition coefficient (Wildman–Crippen LogP) is 1.98. The molecule has 0 aromatic heterocycles. The molecular weight excluding hydrogens is 230 g/mol. The molecule has 0 aliphatic carbocycles. The topological polar surface area (TPSA) is 47.6 Å². The van der Waals surface area contributed by atoms with Gasteiger partial charge in [-0.05, 0) is 38.6 Å². The summed E-state index contributed by atoms with van der Waals surface area (Å²) < 4.78 is 10.5. The second-order valence-corrected chi connectivity index (χ2v) is 4.14. The third kappa shape index (κ3) is 4.75. The summed E-state index contributed by atoms with van der Waals surface area (Å²) >= 11 is 0. The van der Waals surface area contributed by atoms with Gasteiger partial charge in [0, 0.05) is 6.54 Å². The molecule has 0 radical (unpaired) electrons. The first-order valence-corrected chi connectivity index (χ1v) is 6.20. The largest absolute Gasteiger partial charge is 0.493 e. The molecule has 0 spiro atoms. The Morgan fingerprint density at radius 3 is 2.56 bits per heavy atom. The fourth-order valence-corrected chi connectivity index (χ4v) is 1.48. The van der Waals surface area contributed by atoms with Crippen LogP contribution in [0.1, 0.15) is 19.4 Å². The molecule has 4 nitrogen and oxygen atoms in total. The maximum atomic E-state index is 11.4. The summed E-state index contributed by atoms with van der Waals surface area (Å²) in [6.07, 6.45) is 0. The number of esters is 1. The number of hydrogen-bond acceptors (Lipinski definition) is 4. The molecule has 0 amide bonds. The highest BCUT2D eigenvalue weighted by molar-refractivity contribution is 5.72. The molecule has 1 rings (SSSR count). The van der Waals surface area contributed by atoms with Crippen molar-refractivity contribution in [1.82, 2.24) is 5.32 Å². The number of hydrogen-bond donors (Lipinski definition) is 1. The minimum atomic E-state index is -0.248. The van der Waals surface area contributed by atoms with Gasteiger partial charge < -0.3 is 14.8 Å². The van der Waals surface area contributed by atoms with E-state index < -0.39 is 0 Å². The van der Waals surface area contributed by atoms with E-state index in [-0.39, 0.29) is 11.9 Å². The van der Waals surface area contributed by atoms with Gasteiger partial charge in [-0.3, -0.25) is 4.79 Å². The van der Waals surface area contributed by atoms with Crippen molar-refractivity contribution in [3.05, 3.63) is 29.8 Å². The zero-order chi connectivity index (χ0) is 13.4. The molecule has 0 saturated carbocycles. The van der Waals surface area contributed by atoms with Crippen LogP contribution < -0.4 is 10.1 Å². The Morgan fingerprint density at radius 1 is 1.33 bits per heavy atom. The van der Waals surface area contributed by atoms with Gasteiger partial charge in [-0.25, -0.2) is 0 Å². The highest BCUT2D eigenvalue weighted by atomic mass is 16.5. The Kier molecular flexibility index (Phi) is 6.22. The Morgan fingerprint density at radius 2 is 2.00 bits per heavy atom. The van der Waals surface area contributed by atoms with Crippen molar-refractivity contribution in [2.24, 2.45) is 5.92 Å². The summed E-state index contributed by atoms with van der Waals surface area (Å²) in [7, 11) is 1.91. The quantitative estimate of drug-likeness (QED) is 0.753. The van der Waals surface area contributed by atoms with Crippen LogP contribution in [0.5, 0.6) is 5.75 Å². The zero-order valence-corrected chi connectivity index (χ0v) is 11.2. The van der Waals surface area contributed by atoms with Crippen LogP contribution in [-0.4, -0.2) is 26.2 Å². The van der Waals surface area contributed by atoms with Crippen molar-refractivity contribution in [2.45, 2.75) is 20.4 Å². The lowest BCUT2D eigenvalue weighted by Gasteiger charge is -2.12. The van der Waals surface area contributed by atoms with Gasteiger partial charge in [0.25, 0.3) is 0 Å². The van der Waals surface area contributed by atoms with Crippen LogP contribution >= 0.6 is 0 Å². The highest BCUT2D eigenvalue weighted by Crippen LogP contribution is 2.13. The van der Waals surface area contributed by atoms with Crippen LogP contribution in [0.15, 0.2) is 24.3 Å². The molecule has 18 heavy (non-hydrogen) atoms. The van der Waals surface area contributed by atoms with Crippen molar-refractivity contribution < 1.29 is 14.3 Å². The normalized spacial score (nSPS) is 11.9. The number of carbonyl (C=O) groups excluding carboxylic acids is 1. The average Bonchev–Trinajstić information content (AvgIpc) is 2.38. The summed E-state index contributed by atoms with van der Waals surface area (Å²) in [5, 5.41) is 3.08. The van der Waals surface area contributed by atoms with Crippen LogP contribution in [0, 0.1) is 5.92 Å². The molecule has 0 bridgehead atoms. The molecule has 1 unspecified atom stereocenters. The number of rotatable bonds is 7. The summed E-state index contributed by atoms with van der Waals surface area (Å²) in [5.74, 6) is 0.303. The first-order chi connectivity index (χ1) is 8.67. The fraction of sp³-hybridized carbons (Fsp3) is 0.500. The van der Waals surface area contributed by atoms with Crippen molar-refractivity contribution in [2.75, 3.05) is 20.3 Å². The Labute approximate surface area is 108 Å². The van der Waals surface area contributed by atoms with E-state index in [1.165, 1.54) is 5.56 Å². The van der Waals surface area contributed by atoms with E-state index in [1.54, 1.807) is 13.8 Å². The van der Waals surface area contributed by atoms with Crippen LogP contribution in [0.4, 0.5) is 0 Å². The molecule has 1 atom stereocenters. The predicted molar refractivity (Wildman–Crippen MR) is 70.5 cm³/mol. The standard InChI is InChI=1S/C14H21NO3/c1-4-17-14(16)11(2)10-18-13-7-5-12(6-8-13)9-15-3/h5-8,11,15H,4,9-10H2,1-3H3. The lowest BCUT2D eigenvalue weighted by molar-refractivity contribution is -0.148. The van der Waals surface area contributed by atoms with Gasteiger partial charge in [0.1, 0.15) is 12.4 Å². The van der Waals surface area contributed by atoms with E-state index in [9.17, 15) is 4.79 Å². The zero-order valence-electron chi connectivity index (χ0n) is 11.2. The van der Waals surface area contributed by atoms with Gasteiger partial charge in [0.05, 0.1) is 12.5 Å². The van der Waals surface area contributed by atoms with E-state index in [1.807, 2.05) is 31.3 Å². The van der Waals surface area contributed by atoms with E-state index in [4.69, 9.17) is 9.47 Å². The number of benzene rings is 1. The second kappa shape index (κ2) is 7.71. The highest BCUT2D eigenvalue weighted by Gasteiger charge is 2.14. The minimum Gasteiger partial charge on any atom is -0.493 e. The first kappa shape index (κ1) is 14.5. The van der Waals surface area contributed by atoms with Crippen LogP contribution in [0.25, 0.3) is 0 Å². The maximum Gasteiger partial charge on any atom is 0.312 e. The lowest BCUT2D eigenvalue weighted by atomic mass is 10.2. The van der Waals surface area contributed by atoms with E-state index in [2.05, 4.69) is 5.32 Å². The Balaban J connectivity index is 2.41. The van der Waals surface area contributed by atoms with Crippen molar-refractivity contribution in [3.63, 3.8) is 0 Å². The maximum absolute atomic E-state index is 11.4. The SMILES string of the molecule is CCOC(=O)C(C)COc1ccc(CNC)cc1. The summed E-state index contributed by atoms with van der Waals surface area (Å²) in [5.41, 5.74) is 1.20. The molecule has 1 N–H and O–H groups in total. The van der Waals surface area contributed by atoms with Crippen molar-refractivity contribution >= 4 is 5.97 Å². The van der Waals surface area contributed by atoms with E-state index in [0.29, 0.717) is 13.2 Å². The third-order valence-electron chi connectivity index (χ3n) is 2.49. The first-order valence-electron chi connectivity index (χ1n) is 6.20. The number of nitrogens with one attached hydrogen (secondary N) is 1. The molecule has 100 valence electrons. The molecule has 0 fully saturated rings. The Hall–Kier alpha value is -1.55. The monoisotopic (exact) mass is 251 g/mol. The second-order valence-electron chi connectivity index (χ2n) is 4.14. The number of carbonyl (C=O) groups is 1. The average molecular weight is 251 g/mol. The third-order valence-corrected chi connectivity index (χ3v) is 2.49. The summed E-state index contributed by atoms with van der Waals surface area (Å²) in [6.45, 7) is 5.17.